The van der Waals surface area contributed by atoms with Crippen LogP contribution in [0.1, 0.15) is 33.1 Å². The second-order valence-electron chi connectivity index (χ2n) is 6.16. The fourth-order valence-corrected chi connectivity index (χ4v) is 2.59. The summed E-state index contributed by atoms with van der Waals surface area (Å²) in [5.74, 6) is 0.536. The van der Waals surface area contributed by atoms with Gasteiger partial charge in [-0.3, -0.25) is 0 Å². The first-order chi connectivity index (χ1) is 10.5. The Morgan fingerprint density at radius 3 is 2.41 bits per heavy atom. The number of carbonyl (C=O) groups excluding carboxylic acids is 2. The quantitative estimate of drug-likeness (QED) is 0.688. The fraction of sp³-hybridized carbons (Fsp3) is 0.867. The summed E-state index contributed by atoms with van der Waals surface area (Å²) in [4.78, 5) is 25.2. The van der Waals surface area contributed by atoms with Crippen LogP contribution in [-0.2, 0) is 4.74 Å². The lowest BCUT2D eigenvalue weighted by molar-refractivity contribution is 0.0830. The molecule has 22 heavy (non-hydrogen) atoms. The van der Waals surface area contributed by atoms with Gasteiger partial charge in [0.1, 0.15) is 0 Å². The van der Waals surface area contributed by atoms with Crippen molar-refractivity contribution in [1.29, 1.82) is 0 Å². The van der Waals surface area contributed by atoms with E-state index >= 15 is 0 Å². The van der Waals surface area contributed by atoms with Crippen LogP contribution in [0.5, 0.6) is 0 Å². The lowest BCUT2D eigenvalue weighted by atomic mass is 10.1. The number of carbonyl (C=O) groups is 2. The Labute approximate surface area is 133 Å². The van der Waals surface area contributed by atoms with Gasteiger partial charge in [0.2, 0.25) is 0 Å². The molecule has 1 atom stereocenters. The summed E-state index contributed by atoms with van der Waals surface area (Å²) in [5, 5.41) is 8.36. The molecule has 1 heterocycles. The van der Waals surface area contributed by atoms with Crippen molar-refractivity contribution in [3.05, 3.63) is 0 Å². The Balaban J connectivity index is 2.28. The Morgan fingerprint density at radius 2 is 1.91 bits per heavy atom. The van der Waals surface area contributed by atoms with E-state index in [1.807, 2.05) is 0 Å². The number of likely N-dealkylation sites (tertiary alicyclic amines) is 1. The number of rotatable bonds is 6. The minimum atomic E-state index is -0.167. The van der Waals surface area contributed by atoms with Crippen LogP contribution in [0.3, 0.4) is 0 Å². The van der Waals surface area contributed by atoms with E-state index in [0.717, 1.165) is 19.3 Å². The van der Waals surface area contributed by atoms with Crippen molar-refractivity contribution in [2.75, 3.05) is 33.8 Å². The Bertz CT molecular complexity index is 355. The molecule has 7 nitrogen and oxygen atoms in total. The van der Waals surface area contributed by atoms with E-state index in [9.17, 15) is 9.59 Å². The van der Waals surface area contributed by atoms with Gasteiger partial charge in [0.25, 0.3) is 0 Å². The van der Waals surface area contributed by atoms with Crippen molar-refractivity contribution in [3.63, 3.8) is 0 Å². The summed E-state index contributed by atoms with van der Waals surface area (Å²) in [6.45, 7) is 6.12. The number of urea groups is 2. The lowest BCUT2D eigenvalue weighted by Gasteiger charge is -2.32. The molecule has 0 aliphatic carbocycles. The molecule has 0 radical (unpaired) electrons. The Hall–Kier alpha value is -1.50. The van der Waals surface area contributed by atoms with Gasteiger partial charge in [-0.1, -0.05) is 13.8 Å². The number of methoxy groups -OCH3 is 1. The van der Waals surface area contributed by atoms with E-state index in [1.165, 1.54) is 0 Å². The van der Waals surface area contributed by atoms with Gasteiger partial charge < -0.3 is 25.6 Å². The van der Waals surface area contributed by atoms with E-state index in [0.29, 0.717) is 25.6 Å². The number of hydrogen-bond acceptors (Lipinski definition) is 3. The van der Waals surface area contributed by atoms with Crippen molar-refractivity contribution in [2.45, 2.75) is 45.3 Å². The number of hydrogen-bond donors (Lipinski definition) is 3. The van der Waals surface area contributed by atoms with E-state index in [1.54, 1.807) is 19.1 Å². The molecule has 0 aromatic rings. The molecule has 1 fully saturated rings. The van der Waals surface area contributed by atoms with Gasteiger partial charge >= 0.3 is 12.1 Å². The number of ether oxygens (including phenoxy) is 1. The average molecular weight is 314 g/mol. The van der Waals surface area contributed by atoms with Crippen LogP contribution >= 0.6 is 0 Å². The maximum absolute atomic E-state index is 12.1. The van der Waals surface area contributed by atoms with E-state index in [-0.39, 0.29) is 24.2 Å². The molecule has 0 aromatic heterocycles. The van der Waals surface area contributed by atoms with Gasteiger partial charge in [-0.2, -0.15) is 0 Å². The summed E-state index contributed by atoms with van der Waals surface area (Å²) in [6, 6.07) is -0.0830. The summed E-state index contributed by atoms with van der Waals surface area (Å²) in [5.41, 5.74) is 0. The standard InChI is InChI=1S/C15H30N4O3/c1-11(2)9-13(22-4)10-17-15(21)19-7-5-12(6-8-19)18-14(20)16-3/h11-13H,5-10H2,1-4H3,(H,17,21)(H2,16,18,20). The first-order valence-corrected chi connectivity index (χ1v) is 8.00. The predicted molar refractivity (Wildman–Crippen MR) is 85.8 cm³/mol. The normalized spacial score (nSPS) is 17.2. The van der Waals surface area contributed by atoms with Gasteiger partial charge in [0.15, 0.2) is 0 Å². The molecule has 128 valence electrons. The molecule has 0 saturated carbocycles. The highest BCUT2D eigenvalue weighted by Gasteiger charge is 2.24. The van der Waals surface area contributed by atoms with Gasteiger partial charge in [-0.15, -0.1) is 0 Å². The zero-order chi connectivity index (χ0) is 16.5. The topological polar surface area (TPSA) is 82.7 Å². The summed E-state index contributed by atoms with van der Waals surface area (Å²) in [7, 11) is 3.27. The van der Waals surface area contributed by atoms with Gasteiger partial charge in [-0.25, -0.2) is 9.59 Å². The molecule has 1 aliphatic rings. The van der Waals surface area contributed by atoms with Gasteiger partial charge in [-0.05, 0) is 25.2 Å². The van der Waals surface area contributed by atoms with Gasteiger partial charge in [0, 0.05) is 39.8 Å². The zero-order valence-electron chi connectivity index (χ0n) is 14.1. The van der Waals surface area contributed by atoms with E-state index < -0.39 is 0 Å². The van der Waals surface area contributed by atoms with Crippen LogP contribution in [-0.4, -0.2) is 62.9 Å². The maximum Gasteiger partial charge on any atom is 0.317 e. The molecule has 1 aliphatic heterocycles. The zero-order valence-corrected chi connectivity index (χ0v) is 14.1. The summed E-state index contributed by atoms with van der Waals surface area (Å²) >= 11 is 0. The third-order valence-electron chi connectivity index (χ3n) is 3.89. The summed E-state index contributed by atoms with van der Waals surface area (Å²) < 4.78 is 5.38. The van der Waals surface area contributed by atoms with Crippen LogP contribution in [0.2, 0.25) is 0 Å². The maximum atomic E-state index is 12.1. The van der Waals surface area contributed by atoms with Crippen LogP contribution in [0.15, 0.2) is 0 Å². The van der Waals surface area contributed by atoms with E-state index in [4.69, 9.17) is 4.74 Å². The van der Waals surface area contributed by atoms with Crippen LogP contribution in [0.4, 0.5) is 9.59 Å². The molecular formula is C15H30N4O3. The highest BCUT2D eigenvalue weighted by molar-refractivity contribution is 5.75. The molecule has 1 rings (SSSR count). The van der Waals surface area contributed by atoms with Crippen molar-refractivity contribution >= 4 is 12.1 Å². The molecule has 3 N–H and O–H groups in total. The van der Waals surface area contributed by atoms with Crippen LogP contribution < -0.4 is 16.0 Å². The second kappa shape index (κ2) is 9.50. The van der Waals surface area contributed by atoms with Crippen molar-refractivity contribution in [1.82, 2.24) is 20.9 Å². The Kier molecular flexibility index (Phi) is 8.01. The average Bonchev–Trinajstić information content (AvgIpc) is 2.51. The van der Waals surface area contributed by atoms with Gasteiger partial charge in [0.05, 0.1) is 6.10 Å². The van der Waals surface area contributed by atoms with Crippen molar-refractivity contribution in [2.24, 2.45) is 5.92 Å². The number of nitrogens with one attached hydrogen (secondary N) is 3. The molecule has 7 heteroatoms. The minimum Gasteiger partial charge on any atom is -0.380 e. The smallest absolute Gasteiger partial charge is 0.317 e. The number of piperidine rings is 1. The molecule has 0 spiro atoms. The largest absolute Gasteiger partial charge is 0.380 e. The SMILES string of the molecule is CNC(=O)NC1CCN(C(=O)NCC(CC(C)C)OC)CC1. The molecule has 1 saturated heterocycles. The van der Waals surface area contributed by atoms with Crippen molar-refractivity contribution in [3.8, 4) is 0 Å². The Morgan fingerprint density at radius 1 is 1.27 bits per heavy atom. The molecule has 4 amide bonds. The number of amides is 4. The first-order valence-electron chi connectivity index (χ1n) is 8.00. The second-order valence-corrected chi connectivity index (χ2v) is 6.16. The van der Waals surface area contributed by atoms with Crippen LogP contribution in [0, 0.1) is 5.92 Å². The number of nitrogens with zero attached hydrogens (tertiary/aromatic N) is 1. The first kappa shape index (κ1) is 18.5. The van der Waals surface area contributed by atoms with E-state index in [2.05, 4.69) is 29.8 Å². The molecule has 1 unspecified atom stereocenters. The molecular weight excluding hydrogens is 284 g/mol. The molecule has 0 bridgehead atoms. The predicted octanol–water partition coefficient (Wildman–Crippen LogP) is 1.15. The van der Waals surface area contributed by atoms with Crippen molar-refractivity contribution < 1.29 is 14.3 Å². The lowest BCUT2D eigenvalue weighted by Crippen LogP contribution is -2.51. The fourth-order valence-electron chi connectivity index (χ4n) is 2.59. The highest BCUT2D eigenvalue weighted by Crippen LogP contribution is 2.11. The summed E-state index contributed by atoms with van der Waals surface area (Å²) in [6.07, 6.45) is 2.53. The minimum absolute atomic E-state index is 0.0517. The third-order valence-corrected chi connectivity index (χ3v) is 3.89. The van der Waals surface area contributed by atoms with Crippen LogP contribution in [0.25, 0.3) is 0 Å². The third kappa shape index (κ3) is 6.51. The highest BCUT2D eigenvalue weighted by atomic mass is 16.5. The monoisotopic (exact) mass is 314 g/mol. The molecule has 0 aromatic carbocycles.